The number of halogens is 2. The number of aliphatic hydroxyl groups is 1. The van der Waals surface area contributed by atoms with E-state index in [0.29, 0.717) is 16.9 Å². The summed E-state index contributed by atoms with van der Waals surface area (Å²) in [4.78, 5) is 0. The summed E-state index contributed by atoms with van der Waals surface area (Å²) >= 11 is 13.4. The zero-order chi connectivity index (χ0) is 13.1. The Bertz CT molecular complexity index is 416. The van der Waals surface area contributed by atoms with E-state index in [1.165, 1.54) is 5.75 Å². The summed E-state index contributed by atoms with van der Waals surface area (Å²) in [5, 5.41) is 11.9. The Labute approximate surface area is 130 Å². The van der Waals surface area contributed by atoms with Crippen LogP contribution in [0.3, 0.4) is 0 Å². The first-order chi connectivity index (χ1) is 8.58. The monoisotopic (exact) mass is 366 g/mol. The van der Waals surface area contributed by atoms with Gasteiger partial charge in [0.15, 0.2) is 0 Å². The van der Waals surface area contributed by atoms with Crippen LogP contribution in [0.15, 0.2) is 22.7 Å². The first-order valence-corrected chi connectivity index (χ1v) is 9.20. The number of hydrogen-bond donors (Lipinski definition) is 1. The molecule has 1 saturated heterocycles. The molecule has 1 nitrogen and oxygen atoms in total. The van der Waals surface area contributed by atoms with Crippen molar-refractivity contribution in [2.45, 2.75) is 29.9 Å². The molecule has 0 amide bonds. The summed E-state index contributed by atoms with van der Waals surface area (Å²) in [6.07, 6.45) is 0.311. The first-order valence-electron chi connectivity index (χ1n) is 5.93. The molecular weight excluding hydrogens is 352 g/mol. The molecule has 0 spiro atoms. The second-order valence-corrected chi connectivity index (χ2v) is 8.51. The maximum Gasteiger partial charge on any atom is 0.0710 e. The summed E-state index contributed by atoms with van der Waals surface area (Å²) in [7, 11) is 0. The summed E-state index contributed by atoms with van der Waals surface area (Å²) in [5.41, 5.74) is 1.02. The zero-order valence-corrected chi connectivity index (χ0v) is 14.1. The third-order valence-corrected chi connectivity index (χ3v) is 7.14. The van der Waals surface area contributed by atoms with E-state index in [1.54, 1.807) is 0 Å². The van der Waals surface area contributed by atoms with Crippen LogP contribution in [0.4, 0.5) is 0 Å². The second-order valence-electron chi connectivity index (χ2n) is 4.42. The van der Waals surface area contributed by atoms with Gasteiger partial charge in [-0.2, -0.15) is 23.5 Å². The molecule has 1 N–H and O–H groups in total. The quantitative estimate of drug-likeness (QED) is 0.862. The van der Waals surface area contributed by atoms with E-state index in [2.05, 4.69) is 22.9 Å². The predicted molar refractivity (Wildman–Crippen MR) is 87.0 cm³/mol. The van der Waals surface area contributed by atoms with Crippen molar-refractivity contribution >= 4 is 51.1 Å². The Hall–Kier alpha value is 0.650. The summed E-state index contributed by atoms with van der Waals surface area (Å²) in [6, 6.07) is 5.84. The summed E-state index contributed by atoms with van der Waals surface area (Å²) < 4.78 is 0.974. The zero-order valence-electron chi connectivity index (χ0n) is 10.1. The van der Waals surface area contributed by atoms with Crippen LogP contribution in [0, 0.1) is 0 Å². The molecule has 3 atom stereocenters. The topological polar surface area (TPSA) is 20.2 Å². The largest absolute Gasteiger partial charge is 0.392 e. The SMILES string of the molecule is CC1SCCSC1C(O)Cc1ccc(Br)cc1Cl. The molecule has 1 aliphatic heterocycles. The highest BCUT2D eigenvalue weighted by Gasteiger charge is 2.29. The lowest BCUT2D eigenvalue weighted by Crippen LogP contribution is -2.36. The molecule has 0 saturated carbocycles. The molecule has 1 fully saturated rings. The number of rotatable bonds is 3. The molecule has 5 heteroatoms. The molecule has 0 radical (unpaired) electrons. The second kappa shape index (κ2) is 6.89. The normalized spacial score (nSPS) is 26.0. The van der Waals surface area contributed by atoms with Gasteiger partial charge >= 0.3 is 0 Å². The van der Waals surface area contributed by atoms with Gasteiger partial charge in [-0.3, -0.25) is 0 Å². The molecule has 2 rings (SSSR count). The number of thioether (sulfide) groups is 2. The van der Waals surface area contributed by atoms with Gasteiger partial charge in [0.2, 0.25) is 0 Å². The molecule has 0 bridgehead atoms. The molecule has 1 heterocycles. The van der Waals surface area contributed by atoms with Crippen LogP contribution in [0.1, 0.15) is 12.5 Å². The van der Waals surface area contributed by atoms with Crippen molar-refractivity contribution in [2.24, 2.45) is 0 Å². The van der Waals surface area contributed by atoms with Gasteiger partial charge < -0.3 is 5.11 Å². The van der Waals surface area contributed by atoms with Crippen LogP contribution in [-0.4, -0.2) is 33.2 Å². The third kappa shape index (κ3) is 3.83. The summed E-state index contributed by atoms with van der Waals surface area (Å²) in [6.45, 7) is 2.20. The summed E-state index contributed by atoms with van der Waals surface area (Å²) in [5.74, 6) is 2.32. The van der Waals surface area contributed by atoms with Crippen LogP contribution in [-0.2, 0) is 6.42 Å². The van der Waals surface area contributed by atoms with E-state index in [-0.39, 0.29) is 6.10 Å². The van der Waals surface area contributed by atoms with Crippen molar-refractivity contribution in [3.63, 3.8) is 0 Å². The highest BCUT2D eigenvalue weighted by Crippen LogP contribution is 2.34. The minimum Gasteiger partial charge on any atom is -0.392 e. The van der Waals surface area contributed by atoms with Crippen molar-refractivity contribution < 1.29 is 5.11 Å². The minimum atomic E-state index is -0.323. The molecule has 1 aromatic carbocycles. The number of hydrogen-bond acceptors (Lipinski definition) is 3. The molecule has 3 unspecified atom stereocenters. The van der Waals surface area contributed by atoms with Crippen molar-refractivity contribution in [2.75, 3.05) is 11.5 Å². The molecule has 0 aromatic heterocycles. The Morgan fingerprint density at radius 3 is 2.83 bits per heavy atom. The van der Waals surface area contributed by atoms with Crippen molar-refractivity contribution in [1.29, 1.82) is 0 Å². The van der Waals surface area contributed by atoms with Gasteiger partial charge in [0.05, 0.1) is 6.10 Å². The van der Waals surface area contributed by atoms with Crippen LogP contribution < -0.4 is 0 Å². The first kappa shape index (κ1) is 15.0. The van der Waals surface area contributed by atoms with Crippen LogP contribution in [0.25, 0.3) is 0 Å². The van der Waals surface area contributed by atoms with Crippen molar-refractivity contribution in [1.82, 2.24) is 0 Å². The molecule has 18 heavy (non-hydrogen) atoms. The Morgan fingerprint density at radius 1 is 1.44 bits per heavy atom. The van der Waals surface area contributed by atoms with Crippen LogP contribution >= 0.6 is 51.1 Å². The van der Waals surface area contributed by atoms with Crippen molar-refractivity contribution in [3.8, 4) is 0 Å². The fraction of sp³-hybridized carbons (Fsp3) is 0.538. The lowest BCUT2D eigenvalue weighted by Gasteiger charge is -2.31. The van der Waals surface area contributed by atoms with Gasteiger partial charge in [-0.25, -0.2) is 0 Å². The highest BCUT2D eigenvalue weighted by atomic mass is 79.9. The van der Waals surface area contributed by atoms with E-state index in [0.717, 1.165) is 20.8 Å². The number of benzene rings is 1. The van der Waals surface area contributed by atoms with Crippen molar-refractivity contribution in [3.05, 3.63) is 33.3 Å². The maximum absolute atomic E-state index is 10.4. The minimum absolute atomic E-state index is 0.309. The van der Waals surface area contributed by atoms with E-state index in [1.807, 2.05) is 41.7 Å². The lowest BCUT2D eigenvalue weighted by molar-refractivity contribution is 0.171. The average Bonchev–Trinajstić information content (AvgIpc) is 2.33. The van der Waals surface area contributed by atoms with Gasteiger partial charge in [-0.1, -0.05) is 40.5 Å². The van der Waals surface area contributed by atoms with E-state index >= 15 is 0 Å². The van der Waals surface area contributed by atoms with Gasteiger partial charge in [0.1, 0.15) is 0 Å². The fourth-order valence-electron chi connectivity index (χ4n) is 2.10. The number of aliphatic hydroxyl groups excluding tert-OH is 1. The molecule has 1 aliphatic rings. The lowest BCUT2D eigenvalue weighted by atomic mass is 10.0. The predicted octanol–water partition coefficient (Wildman–Crippen LogP) is 4.24. The standard InChI is InChI=1S/C13H16BrClOS2/c1-8-13(18-5-4-17-8)12(16)6-9-2-3-10(14)7-11(9)15/h2-3,7-8,12-13,16H,4-6H2,1H3. The van der Waals surface area contributed by atoms with Gasteiger partial charge in [-0.15, -0.1) is 0 Å². The van der Waals surface area contributed by atoms with Gasteiger partial charge in [0, 0.05) is 37.9 Å². The maximum atomic E-state index is 10.4. The van der Waals surface area contributed by atoms with Crippen LogP contribution in [0.5, 0.6) is 0 Å². The third-order valence-electron chi connectivity index (χ3n) is 3.06. The Balaban J connectivity index is 2.03. The molecule has 100 valence electrons. The average molecular weight is 368 g/mol. The van der Waals surface area contributed by atoms with E-state index in [9.17, 15) is 5.11 Å². The fourth-order valence-corrected chi connectivity index (χ4v) is 5.70. The molecular formula is C13H16BrClOS2. The Morgan fingerprint density at radius 2 is 2.17 bits per heavy atom. The van der Waals surface area contributed by atoms with E-state index < -0.39 is 0 Å². The molecule has 0 aliphatic carbocycles. The molecule has 1 aromatic rings. The smallest absolute Gasteiger partial charge is 0.0710 e. The van der Waals surface area contributed by atoms with Gasteiger partial charge in [0.25, 0.3) is 0 Å². The Kier molecular flexibility index (Phi) is 5.76. The van der Waals surface area contributed by atoms with Gasteiger partial charge in [-0.05, 0) is 17.7 Å². The van der Waals surface area contributed by atoms with Crippen LogP contribution in [0.2, 0.25) is 5.02 Å². The highest BCUT2D eigenvalue weighted by molar-refractivity contribution is 9.10. The van der Waals surface area contributed by atoms with E-state index in [4.69, 9.17) is 11.6 Å².